The van der Waals surface area contributed by atoms with E-state index in [1.54, 1.807) is 43.5 Å². The molecule has 0 N–H and O–H groups in total. The van der Waals surface area contributed by atoms with Crippen molar-refractivity contribution < 1.29 is 9.13 Å². The standard InChI is InChI=1S/C23H19FN2O2S/c1-28-17-12-10-16(11-13-17)14-15-29-23-25-20-8-4-2-6-18(20)22(27)26(23)21-9-5-3-7-19(21)24/h2-13H,14-15H2,1H3. The molecule has 0 aliphatic heterocycles. The summed E-state index contributed by atoms with van der Waals surface area (Å²) in [6.45, 7) is 0. The Morgan fingerprint density at radius 3 is 2.48 bits per heavy atom. The second-order valence-electron chi connectivity index (χ2n) is 6.45. The fourth-order valence-electron chi connectivity index (χ4n) is 3.11. The Kier molecular flexibility index (Phi) is 5.62. The van der Waals surface area contributed by atoms with E-state index in [1.165, 1.54) is 22.4 Å². The zero-order chi connectivity index (χ0) is 20.2. The molecule has 0 saturated carbocycles. The fourth-order valence-corrected chi connectivity index (χ4v) is 4.10. The number of halogens is 1. The van der Waals surface area contributed by atoms with E-state index < -0.39 is 5.82 Å². The summed E-state index contributed by atoms with van der Waals surface area (Å²) >= 11 is 1.44. The van der Waals surface area contributed by atoms with Crippen LogP contribution in [0.2, 0.25) is 0 Å². The summed E-state index contributed by atoms with van der Waals surface area (Å²) in [6, 6.07) is 21.3. The Morgan fingerprint density at radius 2 is 1.72 bits per heavy atom. The largest absolute Gasteiger partial charge is 0.497 e. The molecule has 29 heavy (non-hydrogen) atoms. The van der Waals surface area contributed by atoms with Crippen molar-refractivity contribution >= 4 is 22.7 Å². The molecule has 1 heterocycles. The van der Waals surface area contributed by atoms with Gasteiger partial charge in [0.2, 0.25) is 0 Å². The SMILES string of the molecule is COc1ccc(CCSc2nc3ccccc3c(=O)n2-c2ccccc2F)cc1. The molecule has 1 aromatic heterocycles. The van der Waals surface area contributed by atoms with E-state index in [0.29, 0.717) is 21.8 Å². The van der Waals surface area contributed by atoms with E-state index in [4.69, 9.17) is 4.74 Å². The van der Waals surface area contributed by atoms with E-state index in [2.05, 4.69) is 4.98 Å². The van der Waals surface area contributed by atoms with Crippen LogP contribution < -0.4 is 10.3 Å². The number of nitrogens with zero attached hydrogens (tertiary/aromatic N) is 2. The molecule has 0 unspecified atom stereocenters. The fraction of sp³-hybridized carbons (Fsp3) is 0.130. The van der Waals surface area contributed by atoms with Crippen molar-refractivity contribution in [1.82, 2.24) is 9.55 Å². The molecule has 0 radical (unpaired) electrons. The Bertz CT molecular complexity index is 1210. The van der Waals surface area contributed by atoms with Crippen LogP contribution in [-0.4, -0.2) is 22.4 Å². The maximum absolute atomic E-state index is 14.5. The first-order chi connectivity index (χ1) is 14.2. The summed E-state index contributed by atoms with van der Waals surface area (Å²) < 4.78 is 21.0. The van der Waals surface area contributed by atoms with Crippen LogP contribution in [0.5, 0.6) is 5.75 Å². The lowest BCUT2D eigenvalue weighted by Gasteiger charge is -2.14. The van der Waals surface area contributed by atoms with E-state index in [-0.39, 0.29) is 11.2 Å². The van der Waals surface area contributed by atoms with Gasteiger partial charge in [-0.15, -0.1) is 0 Å². The summed E-state index contributed by atoms with van der Waals surface area (Å²) in [6.07, 6.45) is 0.786. The van der Waals surface area contributed by atoms with E-state index >= 15 is 0 Å². The number of aromatic nitrogens is 2. The topological polar surface area (TPSA) is 44.1 Å². The summed E-state index contributed by atoms with van der Waals surface area (Å²) in [7, 11) is 1.64. The zero-order valence-electron chi connectivity index (χ0n) is 15.8. The minimum atomic E-state index is -0.455. The predicted molar refractivity (Wildman–Crippen MR) is 115 cm³/mol. The number of ether oxygens (including phenoxy) is 1. The van der Waals surface area contributed by atoms with Gasteiger partial charge in [-0.1, -0.05) is 48.2 Å². The second kappa shape index (κ2) is 8.49. The molecule has 0 bridgehead atoms. The van der Waals surface area contributed by atoms with Crippen molar-refractivity contribution in [3.8, 4) is 11.4 Å². The highest BCUT2D eigenvalue weighted by atomic mass is 32.2. The molecule has 3 aromatic carbocycles. The van der Waals surface area contributed by atoms with Crippen molar-refractivity contribution in [2.24, 2.45) is 0 Å². The maximum atomic E-state index is 14.5. The van der Waals surface area contributed by atoms with Crippen LogP contribution >= 0.6 is 11.8 Å². The highest BCUT2D eigenvalue weighted by Crippen LogP contribution is 2.24. The molecule has 6 heteroatoms. The molecule has 4 nitrogen and oxygen atoms in total. The molecular weight excluding hydrogens is 387 g/mol. The number of aryl methyl sites for hydroxylation is 1. The van der Waals surface area contributed by atoms with Crippen LogP contribution in [0.15, 0.2) is 82.7 Å². The molecular formula is C23H19FN2O2S. The van der Waals surface area contributed by atoms with Gasteiger partial charge in [0.1, 0.15) is 11.6 Å². The smallest absolute Gasteiger partial charge is 0.266 e. The summed E-state index contributed by atoms with van der Waals surface area (Å²) in [4.78, 5) is 17.8. The van der Waals surface area contributed by atoms with Crippen LogP contribution in [0.3, 0.4) is 0 Å². The van der Waals surface area contributed by atoms with Crippen molar-refractivity contribution in [1.29, 1.82) is 0 Å². The number of thioether (sulfide) groups is 1. The third-order valence-electron chi connectivity index (χ3n) is 4.62. The molecule has 0 fully saturated rings. The van der Waals surface area contributed by atoms with Crippen LogP contribution in [0.1, 0.15) is 5.56 Å². The van der Waals surface area contributed by atoms with Crippen molar-refractivity contribution in [2.45, 2.75) is 11.6 Å². The minimum absolute atomic E-state index is 0.211. The molecule has 0 saturated heterocycles. The van der Waals surface area contributed by atoms with Crippen molar-refractivity contribution in [2.75, 3.05) is 12.9 Å². The molecule has 0 atom stereocenters. The van der Waals surface area contributed by atoms with Gasteiger partial charge in [-0.2, -0.15) is 0 Å². The van der Waals surface area contributed by atoms with Gasteiger partial charge in [0.05, 0.1) is 23.7 Å². The molecule has 4 rings (SSSR count). The predicted octanol–water partition coefficient (Wildman–Crippen LogP) is 4.87. The minimum Gasteiger partial charge on any atom is -0.497 e. The Morgan fingerprint density at radius 1 is 1.00 bits per heavy atom. The monoisotopic (exact) mass is 406 g/mol. The molecule has 0 amide bonds. The van der Waals surface area contributed by atoms with E-state index in [1.807, 2.05) is 30.3 Å². The van der Waals surface area contributed by atoms with Gasteiger partial charge in [-0.05, 0) is 48.4 Å². The summed E-state index contributed by atoms with van der Waals surface area (Å²) in [5.41, 5.74) is 1.70. The van der Waals surface area contributed by atoms with Gasteiger partial charge in [0, 0.05) is 5.75 Å². The molecule has 146 valence electrons. The molecule has 0 aliphatic carbocycles. The second-order valence-corrected chi connectivity index (χ2v) is 7.51. The van der Waals surface area contributed by atoms with Gasteiger partial charge in [-0.3, -0.25) is 9.36 Å². The highest BCUT2D eigenvalue weighted by molar-refractivity contribution is 7.99. The lowest BCUT2D eigenvalue weighted by molar-refractivity contribution is 0.414. The number of hydrogen-bond acceptors (Lipinski definition) is 4. The number of methoxy groups -OCH3 is 1. The molecule has 0 aliphatic rings. The zero-order valence-corrected chi connectivity index (χ0v) is 16.7. The van der Waals surface area contributed by atoms with Crippen molar-refractivity contribution in [3.63, 3.8) is 0 Å². The average Bonchev–Trinajstić information content (AvgIpc) is 2.75. The van der Waals surface area contributed by atoms with E-state index in [9.17, 15) is 9.18 Å². The first kappa shape index (κ1) is 19.2. The first-order valence-electron chi connectivity index (χ1n) is 9.20. The Balaban J connectivity index is 1.69. The van der Waals surface area contributed by atoms with Crippen molar-refractivity contribution in [3.05, 3.63) is 94.5 Å². The lowest BCUT2D eigenvalue weighted by atomic mass is 10.2. The van der Waals surface area contributed by atoms with Gasteiger partial charge >= 0.3 is 0 Å². The number of para-hydroxylation sites is 2. The molecule has 0 spiro atoms. The van der Waals surface area contributed by atoms with Gasteiger partial charge in [0.25, 0.3) is 5.56 Å². The first-order valence-corrected chi connectivity index (χ1v) is 10.2. The number of hydrogen-bond donors (Lipinski definition) is 0. The molecule has 4 aromatic rings. The number of rotatable bonds is 6. The lowest BCUT2D eigenvalue weighted by Crippen LogP contribution is -2.22. The quantitative estimate of drug-likeness (QED) is 0.339. The summed E-state index contributed by atoms with van der Waals surface area (Å²) in [5, 5.41) is 0.947. The van der Waals surface area contributed by atoms with Crippen LogP contribution in [0.25, 0.3) is 16.6 Å². The summed E-state index contributed by atoms with van der Waals surface area (Å²) in [5.74, 6) is 1.06. The average molecular weight is 406 g/mol. The number of fused-ring (bicyclic) bond motifs is 1. The van der Waals surface area contributed by atoms with Gasteiger partial charge in [-0.25, -0.2) is 9.37 Å². The van der Waals surface area contributed by atoms with Gasteiger partial charge < -0.3 is 4.74 Å². The van der Waals surface area contributed by atoms with Crippen LogP contribution in [0, 0.1) is 5.82 Å². The highest BCUT2D eigenvalue weighted by Gasteiger charge is 2.15. The Labute approximate surface area is 172 Å². The van der Waals surface area contributed by atoms with Crippen LogP contribution in [-0.2, 0) is 6.42 Å². The third kappa shape index (κ3) is 4.03. The third-order valence-corrected chi connectivity index (χ3v) is 5.56. The van der Waals surface area contributed by atoms with Crippen LogP contribution in [0.4, 0.5) is 4.39 Å². The Hall–Kier alpha value is -3.12. The normalized spacial score (nSPS) is 11.0. The maximum Gasteiger partial charge on any atom is 0.266 e. The number of benzene rings is 3. The van der Waals surface area contributed by atoms with Gasteiger partial charge in [0.15, 0.2) is 5.16 Å². The van der Waals surface area contributed by atoms with E-state index in [0.717, 1.165) is 17.7 Å².